The zero-order valence-corrected chi connectivity index (χ0v) is 20.0. The van der Waals surface area contributed by atoms with E-state index in [1.54, 1.807) is 7.11 Å². The fraction of sp³-hybridized carbons (Fsp3) is 0.955. The van der Waals surface area contributed by atoms with Gasteiger partial charge in [-0.25, -0.2) is 0 Å². The zero-order valence-electron chi connectivity index (χ0n) is 20.0. The average Bonchev–Trinajstić information content (AvgIpc) is 2.73. The standard InChI is InChI=1S/C22H44O9/c1-22(2,3)21(23)5-6-25-9-10-27-13-14-29-17-18-31-20-19-30-16-15-28-12-11-26-8-7-24-4/h5-20H2,1-4H3. The first kappa shape index (κ1) is 30.4. The van der Waals surface area contributed by atoms with Gasteiger partial charge in [0.05, 0.1) is 99.1 Å². The number of Topliss-reactive ketones (excluding diaryl/α,β-unsaturated/α-hetero) is 1. The summed E-state index contributed by atoms with van der Waals surface area (Å²) in [7, 11) is 1.64. The molecule has 0 aromatic carbocycles. The molecule has 0 atom stereocenters. The maximum Gasteiger partial charge on any atom is 0.140 e. The third kappa shape index (κ3) is 23.8. The van der Waals surface area contributed by atoms with Crippen molar-refractivity contribution in [3.8, 4) is 0 Å². The average molecular weight is 453 g/mol. The minimum Gasteiger partial charge on any atom is -0.382 e. The van der Waals surface area contributed by atoms with E-state index in [-0.39, 0.29) is 11.2 Å². The lowest BCUT2D eigenvalue weighted by atomic mass is 9.89. The Hall–Kier alpha value is -0.650. The number of carbonyl (C=O) groups is 1. The van der Waals surface area contributed by atoms with E-state index in [1.807, 2.05) is 20.8 Å². The Kier molecular flexibility index (Phi) is 22.1. The summed E-state index contributed by atoms with van der Waals surface area (Å²) in [6.07, 6.45) is 0.441. The van der Waals surface area contributed by atoms with Gasteiger partial charge in [-0.2, -0.15) is 0 Å². The highest BCUT2D eigenvalue weighted by molar-refractivity contribution is 5.83. The van der Waals surface area contributed by atoms with Crippen molar-refractivity contribution in [2.24, 2.45) is 5.41 Å². The van der Waals surface area contributed by atoms with Crippen LogP contribution < -0.4 is 0 Å². The highest BCUT2D eigenvalue weighted by Gasteiger charge is 2.20. The van der Waals surface area contributed by atoms with Crippen LogP contribution in [0.25, 0.3) is 0 Å². The van der Waals surface area contributed by atoms with Crippen molar-refractivity contribution in [3.05, 3.63) is 0 Å². The highest BCUT2D eigenvalue weighted by atomic mass is 16.6. The van der Waals surface area contributed by atoms with Crippen molar-refractivity contribution in [1.29, 1.82) is 0 Å². The van der Waals surface area contributed by atoms with Gasteiger partial charge in [0.2, 0.25) is 0 Å². The molecule has 31 heavy (non-hydrogen) atoms. The molecule has 186 valence electrons. The van der Waals surface area contributed by atoms with Gasteiger partial charge in [0.1, 0.15) is 5.78 Å². The van der Waals surface area contributed by atoms with E-state index >= 15 is 0 Å². The van der Waals surface area contributed by atoms with Gasteiger partial charge in [-0.05, 0) is 0 Å². The molecular formula is C22H44O9. The predicted octanol–water partition coefficient (Wildman–Crippen LogP) is 1.75. The second-order valence-electron chi connectivity index (χ2n) is 7.70. The van der Waals surface area contributed by atoms with Crippen LogP contribution in [0.5, 0.6) is 0 Å². The third-order valence-electron chi connectivity index (χ3n) is 3.97. The molecule has 0 aromatic rings. The van der Waals surface area contributed by atoms with Crippen LogP contribution in [0, 0.1) is 5.41 Å². The predicted molar refractivity (Wildman–Crippen MR) is 117 cm³/mol. The third-order valence-corrected chi connectivity index (χ3v) is 3.97. The van der Waals surface area contributed by atoms with Gasteiger partial charge < -0.3 is 37.9 Å². The maximum atomic E-state index is 11.7. The summed E-state index contributed by atoms with van der Waals surface area (Å²) in [4.78, 5) is 11.7. The minimum atomic E-state index is -0.303. The lowest BCUT2D eigenvalue weighted by molar-refractivity contribution is -0.127. The van der Waals surface area contributed by atoms with E-state index < -0.39 is 0 Å². The van der Waals surface area contributed by atoms with Crippen LogP contribution in [0.4, 0.5) is 0 Å². The highest BCUT2D eigenvalue weighted by Crippen LogP contribution is 2.16. The second-order valence-corrected chi connectivity index (χ2v) is 7.70. The number of methoxy groups -OCH3 is 1. The van der Waals surface area contributed by atoms with Gasteiger partial charge in [0, 0.05) is 18.9 Å². The van der Waals surface area contributed by atoms with Crippen LogP contribution in [-0.2, 0) is 42.7 Å². The summed E-state index contributed by atoms with van der Waals surface area (Å²) in [5, 5.41) is 0. The van der Waals surface area contributed by atoms with Gasteiger partial charge in [-0.1, -0.05) is 20.8 Å². The summed E-state index contributed by atoms with van der Waals surface area (Å²) in [5.74, 6) is 0.209. The first-order chi connectivity index (χ1) is 15.0. The molecule has 0 aromatic heterocycles. The maximum absolute atomic E-state index is 11.7. The van der Waals surface area contributed by atoms with Crippen molar-refractivity contribution < 1.29 is 42.7 Å². The Labute approximate surface area is 187 Å². The Morgan fingerprint density at radius 2 is 0.742 bits per heavy atom. The molecule has 0 aliphatic rings. The molecule has 0 heterocycles. The summed E-state index contributed by atoms with van der Waals surface area (Å²) in [6.45, 7) is 13.6. The Morgan fingerprint density at radius 3 is 1.00 bits per heavy atom. The number of ketones is 1. The first-order valence-corrected chi connectivity index (χ1v) is 11.0. The van der Waals surface area contributed by atoms with Crippen molar-refractivity contribution in [3.63, 3.8) is 0 Å². The van der Waals surface area contributed by atoms with E-state index in [0.29, 0.717) is 106 Å². The van der Waals surface area contributed by atoms with Crippen molar-refractivity contribution in [2.45, 2.75) is 27.2 Å². The molecule has 0 rings (SSSR count). The Bertz CT molecular complexity index is 386. The van der Waals surface area contributed by atoms with Gasteiger partial charge in [0.15, 0.2) is 0 Å². The molecule has 0 saturated carbocycles. The summed E-state index contributed by atoms with van der Waals surface area (Å²) in [5.41, 5.74) is -0.303. The monoisotopic (exact) mass is 452 g/mol. The van der Waals surface area contributed by atoms with Gasteiger partial charge in [0.25, 0.3) is 0 Å². The second kappa shape index (κ2) is 22.5. The number of ether oxygens (including phenoxy) is 8. The van der Waals surface area contributed by atoms with E-state index in [9.17, 15) is 4.79 Å². The number of hydrogen-bond acceptors (Lipinski definition) is 9. The Balaban J connectivity index is 3.09. The molecule has 0 unspecified atom stereocenters. The SMILES string of the molecule is COCCOCCOCCOCCOCCOCCOCCOCCC(=O)C(C)(C)C. The fourth-order valence-corrected chi connectivity index (χ4v) is 2.10. The molecule has 9 nitrogen and oxygen atoms in total. The van der Waals surface area contributed by atoms with E-state index in [4.69, 9.17) is 37.9 Å². The molecule has 0 fully saturated rings. The van der Waals surface area contributed by atoms with Crippen LogP contribution in [-0.4, -0.2) is 112 Å². The van der Waals surface area contributed by atoms with E-state index in [2.05, 4.69) is 0 Å². The van der Waals surface area contributed by atoms with Crippen LogP contribution in [0.3, 0.4) is 0 Å². The summed E-state index contributed by atoms with van der Waals surface area (Å²) < 4.78 is 42.6. The topological polar surface area (TPSA) is 90.9 Å². The lowest BCUT2D eigenvalue weighted by Crippen LogP contribution is -2.22. The molecule has 0 amide bonds. The Morgan fingerprint density at radius 1 is 0.484 bits per heavy atom. The quantitative estimate of drug-likeness (QED) is 0.203. The van der Waals surface area contributed by atoms with Crippen molar-refractivity contribution >= 4 is 5.78 Å². The molecule has 0 saturated heterocycles. The van der Waals surface area contributed by atoms with Gasteiger partial charge >= 0.3 is 0 Å². The van der Waals surface area contributed by atoms with Crippen LogP contribution in [0.1, 0.15) is 27.2 Å². The lowest BCUT2D eigenvalue weighted by Gasteiger charge is -2.16. The van der Waals surface area contributed by atoms with Crippen LogP contribution >= 0.6 is 0 Å². The fourth-order valence-electron chi connectivity index (χ4n) is 2.10. The van der Waals surface area contributed by atoms with E-state index in [0.717, 1.165) is 0 Å². The van der Waals surface area contributed by atoms with Crippen LogP contribution in [0.2, 0.25) is 0 Å². The van der Waals surface area contributed by atoms with Gasteiger partial charge in [-0.15, -0.1) is 0 Å². The molecule has 0 aliphatic carbocycles. The molecular weight excluding hydrogens is 408 g/mol. The zero-order chi connectivity index (χ0) is 23.0. The number of carbonyl (C=O) groups excluding carboxylic acids is 1. The number of hydrogen-bond donors (Lipinski definition) is 0. The molecule has 0 radical (unpaired) electrons. The van der Waals surface area contributed by atoms with Crippen molar-refractivity contribution in [1.82, 2.24) is 0 Å². The smallest absolute Gasteiger partial charge is 0.140 e. The first-order valence-electron chi connectivity index (χ1n) is 11.0. The van der Waals surface area contributed by atoms with Crippen LogP contribution in [0.15, 0.2) is 0 Å². The minimum absolute atomic E-state index is 0.209. The molecule has 0 N–H and O–H groups in total. The van der Waals surface area contributed by atoms with Crippen molar-refractivity contribution in [2.75, 3.05) is 106 Å². The molecule has 0 spiro atoms. The largest absolute Gasteiger partial charge is 0.382 e. The van der Waals surface area contributed by atoms with Gasteiger partial charge in [-0.3, -0.25) is 4.79 Å². The number of rotatable bonds is 24. The molecule has 0 aliphatic heterocycles. The molecule has 0 bridgehead atoms. The van der Waals surface area contributed by atoms with E-state index in [1.165, 1.54) is 0 Å². The summed E-state index contributed by atoms with van der Waals surface area (Å²) >= 11 is 0. The normalized spacial score (nSPS) is 11.9. The molecule has 9 heteroatoms. The summed E-state index contributed by atoms with van der Waals surface area (Å²) in [6, 6.07) is 0.